The third-order valence-electron chi connectivity index (χ3n) is 2.38. The Kier molecular flexibility index (Phi) is 4.15. The van der Waals surface area contributed by atoms with Crippen LogP contribution in [0.1, 0.15) is 12.2 Å². The van der Waals surface area contributed by atoms with E-state index in [9.17, 15) is 9.18 Å². The van der Waals surface area contributed by atoms with Gasteiger partial charge in [0, 0.05) is 17.3 Å². The van der Waals surface area contributed by atoms with Gasteiger partial charge in [-0.05, 0) is 46.3 Å². The van der Waals surface area contributed by atoms with Crippen LogP contribution in [0.3, 0.4) is 0 Å². The molecule has 0 saturated carbocycles. The van der Waals surface area contributed by atoms with Gasteiger partial charge < -0.3 is 9.73 Å². The van der Waals surface area contributed by atoms with Crippen LogP contribution in [0.5, 0.6) is 0 Å². The van der Waals surface area contributed by atoms with E-state index < -0.39 is 0 Å². The summed E-state index contributed by atoms with van der Waals surface area (Å²) in [7, 11) is 0. The van der Waals surface area contributed by atoms with Crippen LogP contribution in [0.4, 0.5) is 10.1 Å². The predicted molar refractivity (Wildman–Crippen MR) is 69.8 cm³/mol. The van der Waals surface area contributed by atoms with Gasteiger partial charge in [-0.3, -0.25) is 4.79 Å². The average molecular weight is 312 g/mol. The van der Waals surface area contributed by atoms with Gasteiger partial charge in [-0.25, -0.2) is 4.39 Å². The minimum atomic E-state index is -0.351. The number of halogens is 2. The van der Waals surface area contributed by atoms with Crippen molar-refractivity contribution < 1.29 is 13.6 Å². The monoisotopic (exact) mass is 311 g/mol. The molecular weight excluding hydrogens is 301 g/mol. The third kappa shape index (κ3) is 3.43. The van der Waals surface area contributed by atoms with Crippen molar-refractivity contribution in [3.63, 3.8) is 0 Å². The van der Waals surface area contributed by atoms with Crippen molar-refractivity contribution >= 4 is 27.5 Å². The first-order chi connectivity index (χ1) is 8.65. The Hall–Kier alpha value is -1.62. The quantitative estimate of drug-likeness (QED) is 0.934. The van der Waals surface area contributed by atoms with Crippen LogP contribution in [-0.2, 0) is 11.2 Å². The summed E-state index contributed by atoms with van der Waals surface area (Å²) in [6.07, 6.45) is 2.43. The van der Waals surface area contributed by atoms with Gasteiger partial charge in [0.05, 0.1) is 12.0 Å². The van der Waals surface area contributed by atoms with Crippen molar-refractivity contribution in [1.82, 2.24) is 0 Å². The first-order valence-corrected chi connectivity index (χ1v) is 6.22. The SMILES string of the molecule is O=C(CCc1ccco1)Nc1ccc(F)cc1Br. The van der Waals surface area contributed by atoms with Gasteiger partial charge in [-0.2, -0.15) is 0 Å². The number of furan rings is 1. The number of aryl methyl sites for hydroxylation is 1. The first-order valence-electron chi connectivity index (χ1n) is 5.42. The maximum absolute atomic E-state index is 12.9. The second kappa shape index (κ2) is 5.82. The average Bonchev–Trinajstić information content (AvgIpc) is 2.83. The number of rotatable bonds is 4. The van der Waals surface area contributed by atoms with Crippen LogP contribution in [-0.4, -0.2) is 5.91 Å². The minimum Gasteiger partial charge on any atom is -0.469 e. The summed E-state index contributed by atoms with van der Waals surface area (Å²) in [6.45, 7) is 0. The molecule has 0 bridgehead atoms. The molecule has 2 rings (SSSR count). The number of hydrogen-bond donors (Lipinski definition) is 1. The lowest BCUT2D eigenvalue weighted by Crippen LogP contribution is -2.12. The lowest BCUT2D eigenvalue weighted by Gasteiger charge is -2.06. The minimum absolute atomic E-state index is 0.140. The molecule has 94 valence electrons. The molecule has 1 heterocycles. The zero-order valence-corrected chi connectivity index (χ0v) is 11.0. The molecule has 1 aromatic carbocycles. The molecule has 0 aliphatic rings. The van der Waals surface area contributed by atoms with Gasteiger partial charge in [0.25, 0.3) is 0 Å². The molecule has 0 aliphatic heterocycles. The highest BCUT2D eigenvalue weighted by Gasteiger charge is 2.07. The number of carbonyl (C=O) groups is 1. The van der Waals surface area contributed by atoms with E-state index in [1.807, 2.05) is 6.07 Å². The van der Waals surface area contributed by atoms with E-state index in [2.05, 4.69) is 21.2 Å². The van der Waals surface area contributed by atoms with E-state index in [4.69, 9.17) is 4.42 Å². The van der Waals surface area contributed by atoms with Crippen molar-refractivity contribution in [2.24, 2.45) is 0 Å². The zero-order valence-electron chi connectivity index (χ0n) is 9.45. The third-order valence-corrected chi connectivity index (χ3v) is 3.04. The first kappa shape index (κ1) is 12.8. The van der Waals surface area contributed by atoms with Crippen LogP contribution in [0.2, 0.25) is 0 Å². The number of carbonyl (C=O) groups excluding carboxylic acids is 1. The Morgan fingerprint density at radius 1 is 1.39 bits per heavy atom. The molecule has 0 saturated heterocycles. The van der Waals surface area contributed by atoms with Gasteiger partial charge >= 0.3 is 0 Å². The second-order valence-electron chi connectivity index (χ2n) is 3.75. The summed E-state index contributed by atoms with van der Waals surface area (Å²) in [5, 5.41) is 2.71. The molecule has 2 aromatic rings. The molecule has 5 heteroatoms. The molecule has 1 aromatic heterocycles. The number of amides is 1. The summed E-state index contributed by atoms with van der Waals surface area (Å²) >= 11 is 3.19. The van der Waals surface area contributed by atoms with Crippen molar-refractivity contribution in [2.75, 3.05) is 5.32 Å². The standard InChI is InChI=1S/C13H11BrFNO2/c14-11-8-9(15)3-5-12(11)16-13(17)6-4-10-2-1-7-18-10/h1-3,5,7-8H,4,6H2,(H,16,17). The number of nitrogens with one attached hydrogen (secondary N) is 1. The van der Waals surface area contributed by atoms with Crippen LogP contribution < -0.4 is 5.32 Å². The summed E-state index contributed by atoms with van der Waals surface area (Å²) in [4.78, 5) is 11.7. The van der Waals surface area contributed by atoms with E-state index in [1.165, 1.54) is 18.2 Å². The largest absolute Gasteiger partial charge is 0.469 e. The predicted octanol–water partition coefficient (Wildman–Crippen LogP) is 3.75. The maximum Gasteiger partial charge on any atom is 0.224 e. The molecule has 1 amide bonds. The molecule has 1 N–H and O–H groups in total. The Morgan fingerprint density at radius 3 is 2.89 bits per heavy atom. The van der Waals surface area contributed by atoms with Crippen LogP contribution in [0.25, 0.3) is 0 Å². The fourth-order valence-corrected chi connectivity index (χ4v) is 1.95. The van der Waals surface area contributed by atoms with Gasteiger partial charge in [0.2, 0.25) is 5.91 Å². The van der Waals surface area contributed by atoms with Gasteiger partial charge in [0.1, 0.15) is 11.6 Å². The number of anilines is 1. The Labute approximate surface area is 112 Å². The number of benzene rings is 1. The fraction of sp³-hybridized carbons (Fsp3) is 0.154. The highest BCUT2D eigenvalue weighted by molar-refractivity contribution is 9.10. The van der Waals surface area contributed by atoms with Crippen LogP contribution in [0.15, 0.2) is 45.5 Å². The van der Waals surface area contributed by atoms with Crippen molar-refractivity contribution in [2.45, 2.75) is 12.8 Å². The maximum atomic E-state index is 12.9. The Bertz CT molecular complexity index is 540. The van der Waals surface area contributed by atoms with E-state index >= 15 is 0 Å². The van der Waals surface area contributed by atoms with Gasteiger partial charge in [-0.15, -0.1) is 0 Å². The smallest absolute Gasteiger partial charge is 0.224 e. The van der Waals surface area contributed by atoms with E-state index in [0.717, 1.165) is 5.76 Å². The molecule has 0 unspecified atom stereocenters. The molecule has 0 atom stereocenters. The van der Waals surface area contributed by atoms with Gasteiger partial charge in [0.15, 0.2) is 0 Å². The molecule has 0 radical (unpaired) electrons. The lowest BCUT2D eigenvalue weighted by atomic mass is 10.2. The van der Waals surface area contributed by atoms with E-state index in [-0.39, 0.29) is 11.7 Å². The topological polar surface area (TPSA) is 42.2 Å². The Balaban J connectivity index is 1.91. The normalized spacial score (nSPS) is 10.3. The molecule has 3 nitrogen and oxygen atoms in total. The molecule has 0 aliphatic carbocycles. The molecule has 0 spiro atoms. The van der Waals surface area contributed by atoms with Crippen LogP contribution in [0, 0.1) is 5.82 Å². The van der Waals surface area contributed by atoms with Crippen LogP contribution >= 0.6 is 15.9 Å². The summed E-state index contributed by atoms with van der Waals surface area (Å²) in [5.74, 6) is 0.275. The highest BCUT2D eigenvalue weighted by atomic mass is 79.9. The number of hydrogen-bond acceptors (Lipinski definition) is 2. The Morgan fingerprint density at radius 2 is 2.22 bits per heavy atom. The summed E-state index contributed by atoms with van der Waals surface area (Å²) in [5.41, 5.74) is 0.556. The molecule has 0 fully saturated rings. The molecular formula is C13H11BrFNO2. The second-order valence-corrected chi connectivity index (χ2v) is 4.61. The molecule has 18 heavy (non-hydrogen) atoms. The fourth-order valence-electron chi connectivity index (χ4n) is 1.50. The highest BCUT2D eigenvalue weighted by Crippen LogP contribution is 2.23. The van der Waals surface area contributed by atoms with Crippen molar-refractivity contribution in [3.8, 4) is 0 Å². The van der Waals surface area contributed by atoms with Crippen molar-refractivity contribution in [3.05, 3.63) is 52.6 Å². The van der Waals surface area contributed by atoms with Gasteiger partial charge in [-0.1, -0.05) is 0 Å². The zero-order chi connectivity index (χ0) is 13.0. The lowest BCUT2D eigenvalue weighted by molar-refractivity contribution is -0.116. The summed E-state index contributed by atoms with van der Waals surface area (Å²) in [6, 6.07) is 7.73. The van der Waals surface area contributed by atoms with E-state index in [0.29, 0.717) is 23.0 Å². The van der Waals surface area contributed by atoms with Crippen molar-refractivity contribution in [1.29, 1.82) is 0 Å². The summed E-state index contributed by atoms with van der Waals surface area (Å²) < 4.78 is 18.5. The van der Waals surface area contributed by atoms with E-state index in [1.54, 1.807) is 12.3 Å².